The second-order valence-electron chi connectivity index (χ2n) is 4.30. The molecule has 4 heteroatoms. The van der Waals surface area contributed by atoms with Gasteiger partial charge in [-0.1, -0.05) is 29.5 Å². The summed E-state index contributed by atoms with van der Waals surface area (Å²) < 4.78 is 5.36. The second kappa shape index (κ2) is 5.10. The SMILES string of the molecule is CO[C@@H]1CSC(=Nc2ccc(C)cc2C)N1C. The van der Waals surface area contributed by atoms with E-state index in [1.165, 1.54) is 11.1 Å². The van der Waals surface area contributed by atoms with E-state index in [4.69, 9.17) is 9.73 Å². The Labute approximate surface area is 107 Å². The summed E-state index contributed by atoms with van der Waals surface area (Å²) in [5.74, 6) is 0.941. The summed E-state index contributed by atoms with van der Waals surface area (Å²) in [6.07, 6.45) is 0.143. The number of aryl methyl sites for hydroxylation is 2. The maximum atomic E-state index is 5.36. The maximum Gasteiger partial charge on any atom is 0.166 e. The molecule has 1 saturated heterocycles. The van der Waals surface area contributed by atoms with Crippen molar-refractivity contribution in [1.82, 2.24) is 4.90 Å². The Balaban J connectivity index is 2.25. The molecule has 0 N–H and O–H groups in total. The van der Waals surface area contributed by atoms with Crippen LogP contribution in [0.4, 0.5) is 5.69 Å². The molecule has 0 unspecified atom stereocenters. The minimum Gasteiger partial charge on any atom is -0.361 e. The molecule has 1 heterocycles. The van der Waals surface area contributed by atoms with E-state index in [0.29, 0.717) is 0 Å². The highest BCUT2D eigenvalue weighted by Gasteiger charge is 2.26. The van der Waals surface area contributed by atoms with E-state index in [0.717, 1.165) is 16.6 Å². The Morgan fingerprint density at radius 3 is 2.76 bits per heavy atom. The third kappa shape index (κ3) is 2.64. The van der Waals surface area contributed by atoms with Crippen LogP contribution in [0.1, 0.15) is 11.1 Å². The Morgan fingerprint density at radius 1 is 1.41 bits per heavy atom. The standard InChI is InChI=1S/C13H18N2OS/c1-9-5-6-11(10(2)7-9)14-13-15(3)12(16-4)8-17-13/h5-7,12H,8H2,1-4H3/t12-/m1/s1. The monoisotopic (exact) mass is 250 g/mol. The lowest BCUT2D eigenvalue weighted by atomic mass is 10.1. The molecule has 1 atom stereocenters. The molecule has 0 bridgehead atoms. The van der Waals surface area contributed by atoms with Gasteiger partial charge in [0.15, 0.2) is 5.17 Å². The average Bonchev–Trinajstić information content (AvgIpc) is 2.64. The van der Waals surface area contributed by atoms with Crippen molar-refractivity contribution in [3.05, 3.63) is 29.3 Å². The number of hydrogen-bond donors (Lipinski definition) is 0. The van der Waals surface area contributed by atoms with Crippen LogP contribution in [-0.2, 0) is 4.74 Å². The van der Waals surface area contributed by atoms with Crippen molar-refractivity contribution in [2.75, 3.05) is 19.9 Å². The number of hydrogen-bond acceptors (Lipinski definition) is 3. The summed E-state index contributed by atoms with van der Waals surface area (Å²) in [4.78, 5) is 6.79. The van der Waals surface area contributed by atoms with Crippen LogP contribution in [-0.4, -0.2) is 36.2 Å². The molecule has 1 fully saturated rings. The van der Waals surface area contributed by atoms with Crippen molar-refractivity contribution in [3.8, 4) is 0 Å². The van der Waals surface area contributed by atoms with Gasteiger partial charge in [0.05, 0.1) is 5.69 Å². The van der Waals surface area contributed by atoms with Gasteiger partial charge < -0.3 is 9.64 Å². The van der Waals surface area contributed by atoms with Crippen molar-refractivity contribution < 1.29 is 4.74 Å². The van der Waals surface area contributed by atoms with Crippen molar-refractivity contribution >= 4 is 22.6 Å². The van der Waals surface area contributed by atoms with Crippen molar-refractivity contribution in [1.29, 1.82) is 0 Å². The van der Waals surface area contributed by atoms with Crippen molar-refractivity contribution in [2.24, 2.45) is 4.99 Å². The lowest BCUT2D eigenvalue weighted by molar-refractivity contribution is 0.0450. The quantitative estimate of drug-likeness (QED) is 0.806. The summed E-state index contributed by atoms with van der Waals surface area (Å²) in [6, 6.07) is 6.33. The van der Waals surface area contributed by atoms with Gasteiger partial charge in [0.25, 0.3) is 0 Å². The Bertz CT molecular complexity index is 445. The fourth-order valence-electron chi connectivity index (χ4n) is 1.85. The zero-order valence-corrected chi connectivity index (χ0v) is 11.5. The first kappa shape index (κ1) is 12.5. The molecule has 0 aromatic heterocycles. The van der Waals surface area contributed by atoms with Gasteiger partial charge >= 0.3 is 0 Å². The van der Waals surface area contributed by atoms with E-state index < -0.39 is 0 Å². The largest absolute Gasteiger partial charge is 0.361 e. The first-order valence-electron chi connectivity index (χ1n) is 5.66. The molecule has 2 rings (SSSR count). The summed E-state index contributed by atoms with van der Waals surface area (Å²) in [6.45, 7) is 4.20. The molecule has 92 valence electrons. The Hall–Kier alpha value is -1.00. The van der Waals surface area contributed by atoms with Crippen LogP contribution < -0.4 is 0 Å². The van der Waals surface area contributed by atoms with E-state index in [2.05, 4.69) is 36.9 Å². The van der Waals surface area contributed by atoms with Gasteiger partial charge in [-0.3, -0.25) is 0 Å². The number of thioether (sulfide) groups is 1. The number of ether oxygens (including phenoxy) is 1. The van der Waals surface area contributed by atoms with E-state index in [1.54, 1.807) is 18.9 Å². The van der Waals surface area contributed by atoms with Crippen LogP contribution in [0.5, 0.6) is 0 Å². The van der Waals surface area contributed by atoms with E-state index in [-0.39, 0.29) is 6.23 Å². The predicted octanol–water partition coefficient (Wildman–Crippen LogP) is 2.94. The summed E-state index contributed by atoms with van der Waals surface area (Å²) in [7, 11) is 3.76. The normalized spacial score (nSPS) is 22.5. The van der Waals surface area contributed by atoms with Crippen LogP contribution in [0.25, 0.3) is 0 Å². The summed E-state index contributed by atoms with van der Waals surface area (Å²) in [5.41, 5.74) is 3.53. The number of nitrogens with zero attached hydrogens (tertiary/aromatic N) is 2. The van der Waals surface area contributed by atoms with Gasteiger partial charge in [-0.2, -0.15) is 0 Å². The number of aliphatic imine (C=N–C) groups is 1. The number of rotatable bonds is 2. The highest BCUT2D eigenvalue weighted by atomic mass is 32.2. The van der Waals surface area contributed by atoms with Gasteiger partial charge in [-0.25, -0.2) is 4.99 Å². The molecule has 17 heavy (non-hydrogen) atoms. The Kier molecular flexibility index (Phi) is 3.74. The number of benzene rings is 1. The highest BCUT2D eigenvalue weighted by molar-refractivity contribution is 8.14. The molecule has 1 aromatic rings. The first-order valence-corrected chi connectivity index (χ1v) is 6.64. The summed E-state index contributed by atoms with van der Waals surface area (Å²) >= 11 is 1.74. The van der Waals surface area contributed by atoms with Gasteiger partial charge in [0.2, 0.25) is 0 Å². The van der Waals surface area contributed by atoms with Gasteiger partial charge in [-0.05, 0) is 25.5 Å². The van der Waals surface area contributed by atoms with Crippen LogP contribution in [0, 0.1) is 13.8 Å². The third-order valence-electron chi connectivity index (χ3n) is 2.93. The molecule has 0 saturated carbocycles. The minimum absolute atomic E-state index is 0.143. The highest BCUT2D eigenvalue weighted by Crippen LogP contribution is 2.27. The molecular formula is C13H18N2OS. The molecule has 3 nitrogen and oxygen atoms in total. The van der Waals surface area contributed by atoms with Crippen molar-refractivity contribution in [3.63, 3.8) is 0 Å². The molecular weight excluding hydrogens is 232 g/mol. The van der Waals surface area contributed by atoms with E-state index >= 15 is 0 Å². The predicted molar refractivity (Wildman–Crippen MR) is 74.0 cm³/mol. The average molecular weight is 250 g/mol. The Morgan fingerprint density at radius 2 is 2.18 bits per heavy atom. The van der Waals surface area contributed by atoms with Crippen LogP contribution in [0.2, 0.25) is 0 Å². The number of amidine groups is 1. The minimum atomic E-state index is 0.143. The van der Waals surface area contributed by atoms with E-state index in [9.17, 15) is 0 Å². The van der Waals surface area contributed by atoms with Crippen LogP contribution >= 0.6 is 11.8 Å². The first-order chi connectivity index (χ1) is 8.11. The summed E-state index contributed by atoms with van der Waals surface area (Å²) in [5, 5.41) is 1.03. The molecule has 1 aliphatic heterocycles. The van der Waals surface area contributed by atoms with Gasteiger partial charge in [0.1, 0.15) is 6.23 Å². The maximum absolute atomic E-state index is 5.36. The van der Waals surface area contributed by atoms with Gasteiger partial charge in [-0.15, -0.1) is 0 Å². The van der Waals surface area contributed by atoms with Gasteiger partial charge in [0, 0.05) is 19.9 Å². The zero-order chi connectivity index (χ0) is 12.4. The molecule has 0 radical (unpaired) electrons. The fourth-order valence-corrected chi connectivity index (χ4v) is 2.99. The topological polar surface area (TPSA) is 24.8 Å². The third-order valence-corrected chi connectivity index (χ3v) is 4.02. The molecule has 0 aliphatic carbocycles. The zero-order valence-electron chi connectivity index (χ0n) is 10.7. The van der Waals surface area contributed by atoms with Crippen LogP contribution in [0.3, 0.4) is 0 Å². The van der Waals surface area contributed by atoms with Crippen LogP contribution in [0.15, 0.2) is 23.2 Å². The lowest BCUT2D eigenvalue weighted by Gasteiger charge is -2.19. The molecule has 1 aliphatic rings. The molecule has 1 aromatic carbocycles. The van der Waals surface area contributed by atoms with Crippen molar-refractivity contribution in [2.45, 2.75) is 20.1 Å². The lowest BCUT2D eigenvalue weighted by Crippen LogP contribution is -2.31. The van der Waals surface area contributed by atoms with E-state index in [1.807, 2.05) is 7.05 Å². The molecule has 0 amide bonds. The molecule has 0 spiro atoms. The smallest absolute Gasteiger partial charge is 0.166 e. The second-order valence-corrected chi connectivity index (χ2v) is 5.28. The number of methoxy groups -OCH3 is 1. The fraction of sp³-hybridized carbons (Fsp3) is 0.462.